The van der Waals surface area contributed by atoms with Crippen molar-refractivity contribution in [2.45, 2.75) is 6.92 Å². The summed E-state index contributed by atoms with van der Waals surface area (Å²) >= 11 is 0. The van der Waals surface area contributed by atoms with Crippen LogP contribution < -0.4 is 11.1 Å². The van der Waals surface area contributed by atoms with Crippen molar-refractivity contribution < 1.29 is 9.72 Å². The van der Waals surface area contributed by atoms with Crippen LogP contribution >= 0.6 is 0 Å². The number of carbonyl (C=O) groups is 1. The predicted molar refractivity (Wildman–Crippen MR) is 53.3 cm³/mol. The van der Waals surface area contributed by atoms with Gasteiger partial charge in [0.25, 0.3) is 5.69 Å². The van der Waals surface area contributed by atoms with Gasteiger partial charge in [0.15, 0.2) is 0 Å². The van der Waals surface area contributed by atoms with E-state index in [4.69, 9.17) is 5.73 Å². The van der Waals surface area contributed by atoms with E-state index in [-0.39, 0.29) is 12.2 Å². The highest BCUT2D eigenvalue weighted by atomic mass is 16.6. The van der Waals surface area contributed by atoms with Crippen LogP contribution in [0.1, 0.15) is 5.56 Å². The van der Waals surface area contributed by atoms with E-state index in [1.807, 2.05) is 0 Å². The van der Waals surface area contributed by atoms with Crippen molar-refractivity contribution in [3.8, 4) is 0 Å². The van der Waals surface area contributed by atoms with E-state index in [1.54, 1.807) is 6.92 Å². The van der Waals surface area contributed by atoms with Gasteiger partial charge in [-0.15, -0.1) is 0 Å². The Hall–Kier alpha value is -2.18. The third-order valence-corrected chi connectivity index (χ3v) is 1.70. The molecular weight excluding hydrogens is 200 g/mol. The zero-order valence-electron chi connectivity index (χ0n) is 8.06. The van der Waals surface area contributed by atoms with Crippen molar-refractivity contribution >= 4 is 17.4 Å². The lowest BCUT2D eigenvalue weighted by atomic mass is 10.2. The molecule has 80 valence electrons. The van der Waals surface area contributed by atoms with Gasteiger partial charge in [-0.05, 0) is 12.5 Å². The number of nitro groups is 1. The quantitative estimate of drug-likeness (QED) is 0.544. The monoisotopic (exact) mass is 210 g/mol. The van der Waals surface area contributed by atoms with Crippen molar-refractivity contribution in [2.24, 2.45) is 5.73 Å². The van der Waals surface area contributed by atoms with Gasteiger partial charge in [-0.2, -0.15) is 0 Å². The van der Waals surface area contributed by atoms with Gasteiger partial charge in [0.05, 0.1) is 11.5 Å². The van der Waals surface area contributed by atoms with Crippen molar-refractivity contribution in [1.82, 2.24) is 4.98 Å². The first-order valence-corrected chi connectivity index (χ1v) is 4.14. The molecule has 0 atom stereocenters. The molecule has 0 unspecified atom stereocenters. The van der Waals surface area contributed by atoms with Crippen LogP contribution in [0, 0.1) is 17.0 Å². The van der Waals surface area contributed by atoms with Gasteiger partial charge in [0.2, 0.25) is 5.91 Å². The first-order valence-electron chi connectivity index (χ1n) is 4.14. The van der Waals surface area contributed by atoms with Gasteiger partial charge in [0, 0.05) is 6.07 Å². The summed E-state index contributed by atoms with van der Waals surface area (Å²) < 4.78 is 0. The molecule has 7 heteroatoms. The molecule has 3 N–H and O–H groups in total. The summed E-state index contributed by atoms with van der Waals surface area (Å²) in [7, 11) is 0. The topological polar surface area (TPSA) is 111 Å². The van der Waals surface area contributed by atoms with Gasteiger partial charge in [-0.25, -0.2) is 4.98 Å². The molecule has 0 radical (unpaired) electrons. The fourth-order valence-electron chi connectivity index (χ4n) is 1.02. The second-order valence-electron chi connectivity index (χ2n) is 2.94. The summed E-state index contributed by atoms with van der Waals surface area (Å²) in [5, 5.41) is 13.1. The predicted octanol–water partition coefficient (Wildman–Crippen LogP) is 0.195. The first-order chi connectivity index (χ1) is 7.00. The number of pyridine rings is 1. The van der Waals surface area contributed by atoms with Crippen LogP contribution in [0.5, 0.6) is 0 Å². The number of amides is 1. The number of primary amides is 1. The molecule has 0 aromatic carbocycles. The zero-order valence-corrected chi connectivity index (χ0v) is 8.06. The number of aromatic nitrogens is 1. The van der Waals surface area contributed by atoms with Gasteiger partial charge >= 0.3 is 0 Å². The molecule has 0 bridgehead atoms. The Kier molecular flexibility index (Phi) is 3.17. The van der Waals surface area contributed by atoms with Crippen LogP contribution in [0.25, 0.3) is 0 Å². The van der Waals surface area contributed by atoms with Crippen molar-refractivity contribution in [1.29, 1.82) is 0 Å². The highest BCUT2D eigenvalue weighted by Crippen LogP contribution is 2.17. The van der Waals surface area contributed by atoms with Crippen molar-refractivity contribution in [2.75, 3.05) is 11.9 Å². The Labute approximate surface area is 85.5 Å². The fraction of sp³-hybridized carbons (Fsp3) is 0.250. The van der Waals surface area contributed by atoms with E-state index in [2.05, 4.69) is 10.3 Å². The standard InChI is InChI=1S/C8H10N4O3/c1-5-2-6(12(14)15)3-10-8(5)11-4-7(9)13/h2-3H,4H2,1H3,(H2,9,13)(H,10,11). The van der Waals surface area contributed by atoms with E-state index in [0.29, 0.717) is 11.4 Å². The maximum Gasteiger partial charge on any atom is 0.287 e. The molecule has 1 rings (SSSR count). The van der Waals surface area contributed by atoms with Crippen LogP contribution in [0.3, 0.4) is 0 Å². The Morgan fingerprint density at radius 1 is 1.73 bits per heavy atom. The maximum absolute atomic E-state index is 10.5. The minimum absolute atomic E-state index is 0.0499. The molecule has 0 spiro atoms. The lowest BCUT2D eigenvalue weighted by Crippen LogP contribution is -2.22. The van der Waals surface area contributed by atoms with E-state index in [1.165, 1.54) is 6.07 Å². The second-order valence-corrected chi connectivity index (χ2v) is 2.94. The first kappa shape index (κ1) is 10.9. The number of nitrogens with zero attached hydrogens (tertiary/aromatic N) is 2. The number of nitrogens with two attached hydrogens (primary N) is 1. The lowest BCUT2D eigenvalue weighted by Gasteiger charge is -2.05. The largest absolute Gasteiger partial charge is 0.368 e. The molecule has 1 amide bonds. The molecule has 7 nitrogen and oxygen atoms in total. The third kappa shape index (κ3) is 2.90. The summed E-state index contributed by atoms with van der Waals surface area (Å²) in [6, 6.07) is 1.37. The SMILES string of the molecule is Cc1cc([N+](=O)[O-])cnc1NCC(N)=O. The number of anilines is 1. The molecule has 0 aliphatic rings. The average molecular weight is 210 g/mol. The summed E-state index contributed by atoms with van der Waals surface area (Å²) in [5.41, 5.74) is 5.43. The third-order valence-electron chi connectivity index (χ3n) is 1.70. The van der Waals surface area contributed by atoms with E-state index >= 15 is 0 Å². The summed E-state index contributed by atoms with van der Waals surface area (Å²) in [6.45, 7) is 1.61. The maximum atomic E-state index is 10.5. The summed E-state index contributed by atoms with van der Waals surface area (Å²) in [5.74, 6) is -0.103. The van der Waals surface area contributed by atoms with Crippen LogP contribution in [0.2, 0.25) is 0 Å². The van der Waals surface area contributed by atoms with E-state index < -0.39 is 10.8 Å². The minimum atomic E-state index is -0.530. The average Bonchev–Trinajstić information content (AvgIpc) is 2.15. The second kappa shape index (κ2) is 4.36. The van der Waals surface area contributed by atoms with Gasteiger partial charge in [0.1, 0.15) is 12.0 Å². The Morgan fingerprint density at radius 2 is 2.40 bits per heavy atom. The van der Waals surface area contributed by atoms with Crippen LogP contribution in [0.4, 0.5) is 11.5 Å². The summed E-state index contributed by atoms with van der Waals surface area (Å²) in [6.07, 6.45) is 1.12. The Balaban J connectivity index is 2.83. The lowest BCUT2D eigenvalue weighted by molar-refractivity contribution is -0.385. The minimum Gasteiger partial charge on any atom is -0.368 e. The normalized spacial score (nSPS) is 9.67. The molecule has 15 heavy (non-hydrogen) atoms. The van der Waals surface area contributed by atoms with Crippen LogP contribution in [0.15, 0.2) is 12.3 Å². The molecule has 0 saturated carbocycles. The van der Waals surface area contributed by atoms with Gasteiger partial charge in [-0.3, -0.25) is 14.9 Å². The van der Waals surface area contributed by atoms with Crippen molar-refractivity contribution in [3.63, 3.8) is 0 Å². The molecule has 0 fully saturated rings. The highest BCUT2D eigenvalue weighted by Gasteiger charge is 2.09. The van der Waals surface area contributed by atoms with Crippen LogP contribution in [-0.4, -0.2) is 22.4 Å². The Morgan fingerprint density at radius 3 is 2.87 bits per heavy atom. The molecule has 0 saturated heterocycles. The zero-order chi connectivity index (χ0) is 11.4. The fourth-order valence-corrected chi connectivity index (χ4v) is 1.02. The summed E-state index contributed by atoms with van der Waals surface area (Å²) in [4.78, 5) is 24.2. The smallest absolute Gasteiger partial charge is 0.287 e. The molecule has 1 aromatic rings. The number of hydrogen-bond donors (Lipinski definition) is 2. The van der Waals surface area contributed by atoms with E-state index in [0.717, 1.165) is 6.20 Å². The molecular formula is C8H10N4O3. The molecule has 0 aliphatic carbocycles. The number of nitrogens with one attached hydrogen (secondary N) is 1. The number of hydrogen-bond acceptors (Lipinski definition) is 5. The Bertz CT molecular complexity index is 405. The highest BCUT2D eigenvalue weighted by molar-refractivity contribution is 5.78. The van der Waals surface area contributed by atoms with Gasteiger partial charge < -0.3 is 11.1 Å². The number of carbonyl (C=O) groups excluding carboxylic acids is 1. The number of rotatable bonds is 4. The van der Waals surface area contributed by atoms with Crippen LogP contribution in [-0.2, 0) is 4.79 Å². The van der Waals surface area contributed by atoms with E-state index in [9.17, 15) is 14.9 Å². The molecule has 0 aliphatic heterocycles. The molecule has 1 heterocycles. The van der Waals surface area contributed by atoms with Crippen molar-refractivity contribution in [3.05, 3.63) is 27.9 Å². The number of aryl methyl sites for hydroxylation is 1. The van der Waals surface area contributed by atoms with Gasteiger partial charge in [-0.1, -0.05) is 0 Å². The molecule has 1 aromatic heterocycles.